The summed E-state index contributed by atoms with van der Waals surface area (Å²) in [6.45, 7) is 0. The second-order valence-corrected chi connectivity index (χ2v) is 4.58. The zero-order valence-electron chi connectivity index (χ0n) is 12.2. The normalized spacial score (nSPS) is 10.7. The summed E-state index contributed by atoms with van der Waals surface area (Å²) in [6.07, 6.45) is 6.47. The van der Waals surface area contributed by atoms with Gasteiger partial charge in [-0.1, -0.05) is 36.4 Å². The predicted molar refractivity (Wildman–Crippen MR) is 87.2 cm³/mol. The number of nitrogens with zero attached hydrogens (tertiary/aromatic N) is 1. The summed E-state index contributed by atoms with van der Waals surface area (Å²) >= 11 is 0. The van der Waals surface area contributed by atoms with Gasteiger partial charge in [0, 0.05) is 0 Å². The van der Waals surface area contributed by atoms with Crippen molar-refractivity contribution < 1.29 is 9.53 Å². The zero-order chi connectivity index (χ0) is 15.8. The van der Waals surface area contributed by atoms with Gasteiger partial charge < -0.3 is 4.74 Å². The summed E-state index contributed by atoms with van der Waals surface area (Å²) in [6, 6.07) is 16.6. The number of allylic oxidation sites excluding steroid dienone is 2. The first-order valence-electron chi connectivity index (χ1n) is 6.75. The first-order chi connectivity index (χ1) is 10.7. The van der Waals surface area contributed by atoms with Crippen molar-refractivity contribution >= 4 is 17.9 Å². The fourth-order valence-corrected chi connectivity index (χ4v) is 1.83. The van der Waals surface area contributed by atoms with E-state index in [1.54, 1.807) is 43.5 Å². The topological polar surface area (TPSA) is 50.1 Å². The summed E-state index contributed by atoms with van der Waals surface area (Å²) in [5, 5.41) is 8.72. The Hall–Kier alpha value is -3.12. The maximum Gasteiger partial charge on any atom is 0.178 e. The minimum atomic E-state index is -0.104. The average Bonchev–Trinajstić information content (AvgIpc) is 2.58. The molecule has 0 spiro atoms. The van der Waals surface area contributed by atoms with Crippen molar-refractivity contribution in [3.8, 4) is 11.8 Å². The van der Waals surface area contributed by atoms with Crippen molar-refractivity contribution in [3.05, 3.63) is 77.4 Å². The molecular formula is C19H15NO2. The van der Waals surface area contributed by atoms with Gasteiger partial charge in [0.25, 0.3) is 0 Å². The number of carbonyl (C=O) groups is 1. The first-order valence-corrected chi connectivity index (χ1v) is 6.75. The van der Waals surface area contributed by atoms with Gasteiger partial charge in [0.1, 0.15) is 5.75 Å². The Bertz CT molecular complexity index is 750. The molecule has 22 heavy (non-hydrogen) atoms. The van der Waals surface area contributed by atoms with E-state index in [1.165, 1.54) is 12.2 Å². The van der Waals surface area contributed by atoms with Gasteiger partial charge in [-0.15, -0.1) is 0 Å². The van der Waals surface area contributed by atoms with E-state index in [9.17, 15) is 4.79 Å². The van der Waals surface area contributed by atoms with Gasteiger partial charge in [0.05, 0.1) is 18.7 Å². The number of carbonyl (C=O) groups excluding carboxylic acids is 1. The van der Waals surface area contributed by atoms with E-state index in [0.717, 1.165) is 16.9 Å². The Labute approximate surface area is 129 Å². The molecule has 0 bridgehead atoms. The lowest BCUT2D eigenvalue weighted by Crippen LogP contribution is -1.86. The molecule has 3 heteroatoms. The molecule has 2 rings (SSSR count). The van der Waals surface area contributed by atoms with Crippen LogP contribution in [0.5, 0.6) is 5.75 Å². The molecule has 0 unspecified atom stereocenters. The molecule has 0 amide bonds. The Morgan fingerprint density at radius 1 is 1.05 bits per heavy atom. The first kappa shape index (κ1) is 15.3. The number of methoxy groups -OCH3 is 1. The van der Waals surface area contributed by atoms with Crippen LogP contribution in [0.25, 0.3) is 12.2 Å². The molecule has 0 aliphatic carbocycles. The van der Waals surface area contributed by atoms with Gasteiger partial charge >= 0.3 is 0 Å². The molecule has 3 nitrogen and oxygen atoms in total. The van der Waals surface area contributed by atoms with E-state index < -0.39 is 0 Å². The van der Waals surface area contributed by atoms with Crippen molar-refractivity contribution in [1.82, 2.24) is 0 Å². The minimum Gasteiger partial charge on any atom is -0.497 e. The summed E-state index contributed by atoms with van der Waals surface area (Å²) in [5.74, 6) is 0.648. The monoisotopic (exact) mass is 289 g/mol. The SMILES string of the molecule is COc1cccc(C=CC(=O)C=Cc2ccc(C#N)cc2)c1. The lowest BCUT2D eigenvalue weighted by atomic mass is 10.1. The molecule has 0 aliphatic heterocycles. The summed E-state index contributed by atoms with van der Waals surface area (Å²) < 4.78 is 5.13. The highest BCUT2D eigenvalue weighted by atomic mass is 16.5. The van der Waals surface area contributed by atoms with E-state index in [2.05, 4.69) is 6.07 Å². The Morgan fingerprint density at radius 3 is 2.36 bits per heavy atom. The molecule has 0 saturated heterocycles. The average molecular weight is 289 g/mol. The number of hydrogen-bond donors (Lipinski definition) is 0. The maximum atomic E-state index is 11.8. The molecule has 2 aromatic carbocycles. The van der Waals surface area contributed by atoms with Crippen LogP contribution in [0.2, 0.25) is 0 Å². The fraction of sp³-hybridized carbons (Fsp3) is 0.0526. The van der Waals surface area contributed by atoms with Crippen LogP contribution in [0.1, 0.15) is 16.7 Å². The highest BCUT2D eigenvalue weighted by Gasteiger charge is 1.94. The summed E-state index contributed by atoms with van der Waals surface area (Å²) in [4.78, 5) is 11.8. The fourth-order valence-electron chi connectivity index (χ4n) is 1.83. The van der Waals surface area contributed by atoms with Gasteiger partial charge in [0.2, 0.25) is 0 Å². The predicted octanol–water partition coefficient (Wildman–Crippen LogP) is 3.86. The van der Waals surface area contributed by atoms with Crippen LogP contribution in [-0.2, 0) is 4.79 Å². The van der Waals surface area contributed by atoms with Gasteiger partial charge in [-0.3, -0.25) is 4.79 Å². The molecule has 0 heterocycles. The molecule has 0 fully saturated rings. The summed E-state index contributed by atoms with van der Waals surface area (Å²) in [7, 11) is 1.61. The minimum absolute atomic E-state index is 0.104. The van der Waals surface area contributed by atoms with Crippen LogP contribution in [0.4, 0.5) is 0 Å². The number of hydrogen-bond acceptors (Lipinski definition) is 3. The molecule has 108 valence electrons. The number of benzene rings is 2. The quantitative estimate of drug-likeness (QED) is 0.785. The Balaban J connectivity index is 2.00. The van der Waals surface area contributed by atoms with Crippen LogP contribution < -0.4 is 4.74 Å². The van der Waals surface area contributed by atoms with Crippen LogP contribution in [0.3, 0.4) is 0 Å². The third kappa shape index (κ3) is 4.46. The lowest BCUT2D eigenvalue weighted by Gasteiger charge is -1.99. The van der Waals surface area contributed by atoms with Gasteiger partial charge in [0.15, 0.2) is 5.78 Å². The maximum absolute atomic E-state index is 11.8. The number of nitriles is 1. The zero-order valence-corrected chi connectivity index (χ0v) is 12.2. The highest BCUT2D eigenvalue weighted by Crippen LogP contribution is 2.13. The van der Waals surface area contributed by atoms with Crippen LogP contribution in [0.15, 0.2) is 60.7 Å². The standard InChI is InChI=1S/C19H15NO2/c1-22-19-4-2-3-16(13-19)10-12-18(21)11-9-15-5-7-17(14-20)8-6-15/h2-13H,1H3. The molecular weight excluding hydrogens is 274 g/mol. The Morgan fingerprint density at radius 2 is 1.73 bits per heavy atom. The van der Waals surface area contributed by atoms with Crippen molar-refractivity contribution in [1.29, 1.82) is 5.26 Å². The smallest absolute Gasteiger partial charge is 0.178 e. The van der Waals surface area contributed by atoms with Crippen LogP contribution in [-0.4, -0.2) is 12.9 Å². The van der Waals surface area contributed by atoms with E-state index in [-0.39, 0.29) is 5.78 Å². The van der Waals surface area contributed by atoms with Gasteiger partial charge in [-0.25, -0.2) is 0 Å². The molecule has 0 aromatic heterocycles. The van der Waals surface area contributed by atoms with Gasteiger partial charge in [-0.2, -0.15) is 5.26 Å². The molecule has 0 saturated carbocycles. The second-order valence-electron chi connectivity index (χ2n) is 4.58. The van der Waals surface area contributed by atoms with Crippen LogP contribution in [0, 0.1) is 11.3 Å². The molecule has 0 N–H and O–H groups in total. The number of ether oxygens (including phenoxy) is 1. The number of ketones is 1. The second kappa shape index (κ2) is 7.61. The van der Waals surface area contributed by atoms with E-state index in [4.69, 9.17) is 10.00 Å². The van der Waals surface area contributed by atoms with Gasteiger partial charge in [-0.05, 0) is 47.5 Å². The molecule has 2 aromatic rings. The summed E-state index contributed by atoms with van der Waals surface area (Å²) in [5.41, 5.74) is 2.38. The lowest BCUT2D eigenvalue weighted by molar-refractivity contribution is -0.110. The van der Waals surface area contributed by atoms with E-state index in [1.807, 2.05) is 24.3 Å². The molecule has 0 atom stereocenters. The highest BCUT2D eigenvalue weighted by molar-refractivity contribution is 6.04. The van der Waals surface area contributed by atoms with Crippen LogP contribution >= 0.6 is 0 Å². The largest absolute Gasteiger partial charge is 0.497 e. The van der Waals surface area contributed by atoms with Crippen molar-refractivity contribution in [2.75, 3.05) is 7.11 Å². The van der Waals surface area contributed by atoms with Crippen molar-refractivity contribution in [3.63, 3.8) is 0 Å². The Kier molecular flexibility index (Phi) is 5.28. The number of rotatable bonds is 5. The van der Waals surface area contributed by atoms with Crippen molar-refractivity contribution in [2.45, 2.75) is 0 Å². The molecule has 0 aliphatic rings. The third-order valence-electron chi connectivity index (χ3n) is 3.01. The van der Waals surface area contributed by atoms with E-state index in [0.29, 0.717) is 5.56 Å². The molecule has 0 radical (unpaired) electrons. The van der Waals surface area contributed by atoms with Crippen molar-refractivity contribution in [2.24, 2.45) is 0 Å². The van der Waals surface area contributed by atoms with E-state index >= 15 is 0 Å². The third-order valence-corrected chi connectivity index (χ3v) is 3.01.